The molecule has 2 N–H and O–H groups in total. The number of nitrogens with one attached hydrogen (secondary N) is 1. The predicted molar refractivity (Wildman–Crippen MR) is 56.9 cm³/mol. The van der Waals surface area contributed by atoms with E-state index in [2.05, 4.69) is 10.1 Å². The van der Waals surface area contributed by atoms with Crippen LogP contribution in [0.25, 0.3) is 0 Å². The van der Waals surface area contributed by atoms with Crippen LogP contribution in [-0.2, 0) is 9.53 Å². The molecule has 92 valence electrons. The fraction of sp³-hybridized carbons (Fsp3) is 0.273. The van der Waals surface area contributed by atoms with Gasteiger partial charge in [-0.3, -0.25) is 0 Å². The number of carboxylic acid groups (broad SMARTS) is 1. The van der Waals surface area contributed by atoms with E-state index in [1.807, 2.05) is 0 Å². The van der Waals surface area contributed by atoms with E-state index in [9.17, 15) is 14.0 Å². The summed E-state index contributed by atoms with van der Waals surface area (Å²) in [6.07, 6.45) is -0.829. The molecule has 1 atom stereocenters. The molecule has 1 unspecified atom stereocenters. The van der Waals surface area contributed by atoms with Gasteiger partial charge in [0.05, 0.1) is 6.61 Å². The van der Waals surface area contributed by atoms with Gasteiger partial charge in [-0.05, 0) is 24.6 Å². The van der Waals surface area contributed by atoms with Gasteiger partial charge in [0, 0.05) is 0 Å². The molecule has 1 aromatic carbocycles. The minimum Gasteiger partial charge on any atom is -0.479 e. The van der Waals surface area contributed by atoms with Gasteiger partial charge in [-0.1, -0.05) is 12.1 Å². The van der Waals surface area contributed by atoms with Gasteiger partial charge in [0.25, 0.3) is 0 Å². The van der Waals surface area contributed by atoms with E-state index in [0.717, 1.165) is 12.1 Å². The molecule has 0 aromatic heterocycles. The number of carbonyl (C=O) groups excluding carboxylic acids is 1. The summed E-state index contributed by atoms with van der Waals surface area (Å²) in [6.45, 7) is 1.74. The van der Waals surface area contributed by atoms with E-state index >= 15 is 0 Å². The Balaban J connectivity index is 2.82. The molecule has 0 bridgehead atoms. The molecule has 0 fully saturated rings. The molecular weight excluding hydrogens is 229 g/mol. The van der Waals surface area contributed by atoms with Crippen LogP contribution in [0.4, 0.5) is 9.18 Å². The molecule has 0 aliphatic carbocycles. The molecule has 0 radical (unpaired) electrons. The zero-order chi connectivity index (χ0) is 12.8. The largest absolute Gasteiger partial charge is 0.479 e. The first kappa shape index (κ1) is 13.0. The molecule has 1 rings (SSSR count). The Morgan fingerprint density at radius 1 is 1.41 bits per heavy atom. The Morgan fingerprint density at radius 2 is 2.00 bits per heavy atom. The van der Waals surface area contributed by atoms with E-state index in [4.69, 9.17) is 5.11 Å². The van der Waals surface area contributed by atoms with Gasteiger partial charge in [0.1, 0.15) is 5.82 Å². The monoisotopic (exact) mass is 241 g/mol. The van der Waals surface area contributed by atoms with Crippen LogP contribution in [0.3, 0.4) is 0 Å². The minimum atomic E-state index is -1.25. The molecule has 6 heteroatoms. The lowest BCUT2D eigenvalue weighted by Gasteiger charge is -2.14. The van der Waals surface area contributed by atoms with Crippen molar-refractivity contribution in [1.29, 1.82) is 0 Å². The molecule has 0 saturated carbocycles. The second kappa shape index (κ2) is 5.83. The maximum Gasteiger partial charge on any atom is 0.408 e. The number of halogens is 1. The van der Waals surface area contributed by atoms with Gasteiger partial charge < -0.3 is 15.2 Å². The van der Waals surface area contributed by atoms with Crippen LogP contribution in [-0.4, -0.2) is 23.8 Å². The number of ether oxygens (including phenoxy) is 1. The third-order valence-corrected chi connectivity index (χ3v) is 1.99. The number of rotatable bonds is 4. The van der Waals surface area contributed by atoms with E-state index in [1.165, 1.54) is 12.1 Å². The molecule has 0 aliphatic rings. The lowest BCUT2D eigenvalue weighted by molar-refractivity contribution is -0.139. The molecule has 0 aliphatic heterocycles. The molecule has 5 nitrogen and oxygen atoms in total. The summed E-state index contributed by atoms with van der Waals surface area (Å²) in [5, 5.41) is 11.1. The average molecular weight is 241 g/mol. The SMILES string of the molecule is CCOC(=O)NC(C(=O)O)c1ccc(F)cc1. The van der Waals surface area contributed by atoms with Crippen molar-refractivity contribution >= 4 is 12.1 Å². The normalized spacial score (nSPS) is 11.6. The van der Waals surface area contributed by atoms with Gasteiger partial charge in [0.15, 0.2) is 6.04 Å². The van der Waals surface area contributed by atoms with Gasteiger partial charge >= 0.3 is 12.1 Å². The standard InChI is InChI=1S/C11H12FNO4/c1-2-17-11(16)13-9(10(14)15)7-3-5-8(12)6-4-7/h3-6,9H,2H2,1H3,(H,13,16)(H,14,15). The van der Waals surface area contributed by atoms with Crippen molar-refractivity contribution < 1.29 is 23.8 Å². The van der Waals surface area contributed by atoms with E-state index in [1.54, 1.807) is 6.92 Å². The molecule has 17 heavy (non-hydrogen) atoms. The van der Waals surface area contributed by atoms with Crippen molar-refractivity contribution in [2.75, 3.05) is 6.61 Å². The lowest BCUT2D eigenvalue weighted by atomic mass is 10.1. The Hall–Kier alpha value is -2.11. The zero-order valence-electron chi connectivity index (χ0n) is 9.14. The third-order valence-electron chi connectivity index (χ3n) is 1.99. The Labute approximate surface area is 97.2 Å². The summed E-state index contributed by atoms with van der Waals surface area (Å²) in [6, 6.07) is 3.58. The van der Waals surface area contributed by atoms with Crippen LogP contribution < -0.4 is 5.32 Å². The highest BCUT2D eigenvalue weighted by Gasteiger charge is 2.22. The molecular formula is C11H12FNO4. The summed E-state index contributed by atoms with van der Waals surface area (Å²) in [7, 11) is 0. The maximum absolute atomic E-state index is 12.7. The highest BCUT2D eigenvalue weighted by atomic mass is 19.1. The van der Waals surface area contributed by atoms with E-state index in [0.29, 0.717) is 0 Å². The van der Waals surface area contributed by atoms with Crippen LogP contribution in [0.15, 0.2) is 24.3 Å². The Morgan fingerprint density at radius 3 is 2.47 bits per heavy atom. The van der Waals surface area contributed by atoms with Crippen LogP contribution >= 0.6 is 0 Å². The average Bonchev–Trinajstić information content (AvgIpc) is 2.27. The summed E-state index contributed by atoms with van der Waals surface area (Å²) in [5.74, 6) is -1.72. The number of amides is 1. The van der Waals surface area contributed by atoms with Crippen molar-refractivity contribution in [3.05, 3.63) is 35.6 Å². The van der Waals surface area contributed by atoms with Gasteiger partial charge in [-0.2, -0.15) is 0 Å². The summed E-state index contributed by atoms with van der Waals surface area (Å²) < 4.78 is 17.3. The van der Waals surface area contributed by atoms with Crippen molar-refractivity contribution in [3.8, 4) is 0 Å². The van der Waals surface area contributed by atoms with E-state index < -0.39 is 23.9 Å². The predicted octanol–water partition coefficient (Wildman–Crippen LogP) is 1.70. The van der Waals surface area contributed by atoms with Crippen molar-refractivity contribution in [2.24, 2.45) is 0 Å². The number of alkyl carbamates (subject to hydrolysis) is 1. The van der Waals surface area contributed by atoms with Crippen LogP contribution in [0.1, 0.15) is 18.5 Å². The smallest absolute Gasteiger partial charge is 0.408 e. The highest BCUT2D eigenvalue weighted by Crippen LogP contribution is 2.14. The summed E-state index contributed by atoms with van der Waals surface area (Å²) in [4.78, 5) is 22.1. The minimum absolute atomic E-state index is 0.140. The van der Waals surface area contributed by atoms with Crippen molar-refractivity contribution in [2.45, 2.75) is 13.0 Å². The summed E-state index contributed by atoms with van der Waals surface area (Å²) in [5.41, 5.74) is 0.270. The topological polar surface area (TPSA) is 75.6 Å². The number of benzene rings is 1. The molecule has 1 amide bonds. The highest BCUT2D eigenvalue weighted by molar-refractivity contribution is 5.81. The Bertz CT molecular complexity index is 404. The second-order valence-electron chi connectivity index (χ2n) is 3.19. The van der Waals surface area contributed by atoms with Crippen LogP contribution in [0, 0.1) is 5.82 Å². The number of hydrogen-bond acceptors (Lipinski definition) is 3. The second-order valence-corrected chi connectivity index (χ2v) is 3.19. The van der Waals surface area contributed by atoms with Gasteiger partial charge in [-0.25, -0.2) is 14.0 Å². The van der Waals surface area contributed by atoms with Gasteiger partial charge in [0.2, 0.25) is 0 Å². The zero-order valence-corrected chi connectivity index (χ0v) is 9.14. The van der Waals surface area contributed by atoms with Crippen LogP contribution in [0.5, 0.6) is 0 Å². The third kappa shape index (κ3) is 3.75. The number of carbonyl (C=O) groups is 2. The fourth-order valence-corrected chi connectivity index (χ4v) is 1.23. The van der Waals surface area contributed by atoms with Gasteiger partial charge in [-0.15, -0.1) is 0 Å². The van der Waals surface area contributed by atoms with Crippen LogP contribution in [0.2, 0.25) is 0 Å². The first-order valence-corrected chi connectivity index (χ1v) is 4.96. The first-order valence-electron chi connectivity index (χ1n) is 4.96. The number of carboxylic acids is 1. The molecule has 0 spiro atoms. The summed E-state index contributed by atoms with van der Waals surface area (Å²) >= 11 is 0. The maximum atomic E-state index is 12.7. The number of aliphatic carboxylic acids is 1. The lowest BCUT2D eigenvalue weighted by Crippen LogP contribution is -2.34. The van der Waals surface area contributed by atoms with Crippen molar-refractivity contribution in [1.82, 2.24) is 5.32 Å². The quantitative estimate of drug-likeness (QED) is 0.841. The number of hydrogen-bond donors (Lipinski definition) is 2. The molecule has 0 heterocycles. The fourth-order valence-electron chi connectivity index (χ4n) is 1.23. The first-order chi connectivity index (χ1) is 8.04. The molecule has 1 aromatic rings. The Kier molecular flexibility index (Phi) is 4.45. The van der Waals surface area contributed by atoms with Crippen molar-refractivity contribution in [3.63, 3.8) is 0 Å². The molecule has 0 saturated heterocycles. The van der Waals surface area contributed by atoms with E-state index in [-0.39, 0.29) is 12.2 Å².